The first kappa shape index (κ1) is 25.7. The van der Waals surface area contributed by atoms with Gasteiger partial charge in [0.15, 0.2) is 10.8 Å². The van der Waals surface area contributed by atoms with E-state index in [1.165, 1.54) is 11.3 Å². The van der Waals surface area contributed by atoms with E-state index in [1.54, 1.807) is 24.1 Å². The number of ether oxygens (including phenoxy) is 2. The molecule has 0 aliphatic carbocycles. The van der Waals surface area contributed by atoms with Gasteiger partial charge in [0, 0.05) is 37.9 Å². The summed E-state index contributed by atoms with van der Waals surface area (Å²) in [5.74, 6) is 0.460. The Hall–Kier alpha value is -1.91. The number of halogens is 2. The largest absolute Gasteiger partial charge is 0.494 e. The topological polar surface area (TPSA) is 72.7 Å². The number of hydrogen-bond acceptors (Lipinski definition) is 7. The minimum Gasteiger partial charge on any atom is -0.494 e. The van der Waals surface area contributed by atoms with E-state index in [9.17, 15) is 4.79 Å². The number of morpholine rings is 1. The van der Waals surface area contributed by atoms with Crippen LogP contribution in [-0.4, -0.2) is 72.1 Å². The number of thiazole rings is 1. The molecule has 1 aliphatic heterocycles. The van der Waals surface area contributed by atoms with E-state index >= 15 is 0 Å². The molecule has 0 bridgehead atoms. The highest BCUT2D eigenvalue weighted by atomic mass is 35.5. The van der Waals surface area contributed by atoms with Crippen LogP contribution in [0.15, 0.2) is 18.2 Å². The van der Waals surface area contributed by atoms with Crippen LogP contribution in [0.2, 0.25) is 5.02 Å². The Morgan fingerprint density at radius 1 is 1.33 bits per heavy atom. The van der Waals surface area contributed by atoms with Crippen LogP contribution < -0.4 is 9.64 Å². The third kappa shape index (κ3) is 5.44. The maximum absolute atomic E-state index is 13.6. The van der Waals surface area contributed by atoms with Crippen molar-refractivity contribution >= 4 is 56.6 Å². The molecule has 8 nitrogen and oxygen atoms in total. The van der Waals surface area contributed by atoms with Crippen LogP contribution in [0, 0.1) is 6.92 Å². The van der Waals surface area contributed by atoms with Crippen LogP contribution in [0.25, 0.3) is 10.2 Å². The molecule has 2 aromatic heterocycles. The molecule has 3 heterocycles. The average Bonchev–Trinajstić information content (AvgIpc) is 3.40. The Morgan fingerprint density at radius 3 is 2.70 bits per heavy atom. The van der Waals surface area contributed by atoms with Crippen molar-refractivity contribution in [3.05, 3.63) is 34.6 Å². The second-order valence-electron chi connectivity index (χ2n) is 8.04. The third-order valence-corrected chi connectivity index (χ3v) is 7.06. The van der Waals surface area contributed by atoms with Crippen molar-refractivity contribution in [3.8, 4) is 5.75 Å². The lowest BCUT2D eigenvalue weighted by Crippen LogP contribution is -2.43. The summed E-state index contributed by atoms with van der Waals surface area (Å²) >= 11 is 7.82. The molecule has 1 saturated heterocycles. The Labute approximate surface area is 208 Å². The number of fused-ring (bicyclic) bond motifs is 1. The van der Waals surface area contributed by atoms with Gasteiger partial charge in [-0.1, -0.05) is 22.9 Å². The van der Waals surface area contributed by atoms with Gasteiger partial charge < -0.3 is 9.47 Å². The number of aryl methyl sites for hydroxylation is 1. The minimum absolute atomic E-state index is 0. The van der Waals surface area contributed by atoms with Crippen molar-refractivity contribution in [2.75, 3.05) is 51.4 Å². The number of benzene rings is 1. The number of aromatic nitrogens is 3. The first-order chi connectivity index (χ1) is 15.4. The lowest BCUT2D eigenvalue weighted by atomic mass is 10.3. The van der Waals surface area contributed by atoms with Gasteiger partial charge in [-0.15, -0.1) is 12.4 Å². The van der Waals surface area contributed by atoms with E-state index in [-0.39, 0.29) is 24.4 Å². The summed E-state index contributed by atoms with van der Waals surface area (Å²) in [7, 11) is 1.60. The molecular weight excluding hydrogens is 485 g/mol. The van der Waals surface area contributed by atoms with E-state index in [2.05, 4.69) is 10.00 Å². The predicted molar refractivity (Wildman–Crippen MR) is 135 cm³/mol. The maximum Gasteiger partial charge on any atom is 0.280 e. The molecular formula is C22H29Cl2N5O3S. The second-order valence-corrected chi connectivity index (χ2v) is 9.43. The van der Waals surface area contributed by atoms with Crippen molar-refractivity contribution in [3.63, 3.8) is 0 Å². The number of carbonyl (C=O) groups excluding carboxylic acids is 1. The predicted octanol–water partition coefficient (Wildman–Crippen LogP) is 4.44. The summed E-state index contributed by atoms with van der Waals surface area (Å²) < 4.78 is 13.6. The summed E-state index contributed by atoms with van der Waals surface area (Å²) in [6.45, 7) is 10.4. The number of methoxy groups -OCH3 is 1. The standard InChI is InChI=1S/C22H28ClN5O3S.ClH/c1-14(2)28-15(3)13-17(25-28)21(29)27(8-7-26-9-11-31-12-10-26)22-24-19-18(30-4)6-5-16(23)20(19)32-22;/h5-6,13-14H,7-12H2,1-4H3;1H. The highest BCUT2D eigenvalue weighted by Gasteiger charge is 2.26. The fourth-order valence-electron chi connectivity index (χ4n) is 3.82. The van der Waals surface area contributed by atoms with Crippen molar-refractivity contribution in [1.29, 1.82) is 0 Å². The maximum atomic E-state index is 13.6. The number of hydrogen-bond donors (Lipinski definition) is 0. The molecule has 11 heteroatoms. The summed E-state index contributed by atoms with van der Waals surface area (Å²) in [5.41, 5.74) is 2.02. The lowest BCUT2D eigenvalue weighted by Gasteiger charge is -2.29. The quantitative estimate of drug-likeness (QED) is 0.464. The summed E-state index contributed by atoms with van der Waals surface area (Å²) in [6, 6.07) is 5.59. The zero-order valence-corrected chi connectivity index (χ0v) is 21.6. The molecule has 0 N–H and O–H groups in total. The SMILES string of the molecule is COc1ccc(Cl)c2sc(N(CCN3CCOCC3)C(=O)c3cc(C)n(C(C)C)n3)nc12.Cl. The molecule has 0 radical (unpaired) electrons. The summed E-state index contributed by atoms with van der Waals surface area (Å²) in [6.07, 6.45) is 0. The van der Waals surface area contributed by atoms with Gasteiger partial charge in [-0.2, -0.15) is 5.10 Å². The fraction of sp³-hybridized carbons (Fsp3) is 0.500. The second kappa shape index (κ2) is 11.0. The number of amides is 1. The zero-order chi connectivity index (χ0) is 22.8. The minimum atomic E-state index is -0.171. The lowest BCUT2D eigenvalue weighted by molar-refractivity contribution is 0.0391. The van der Waals surface area contributed by atoms with Crippen LogP contribution in [0.1, 0.15) is 36.1 Å². The summed E-state index contributed by atoms with van der Waals surface area (Å²) in [4.78, 5) is 22.4. The van der Waals surface area contributed by atoms with Gasteiger partial charge in [0.2, 0.25) is 0 Å². The van der Waals surface area contributed by atoms with Gasteiger partial charge in [-0.25, -0.2) is 4.98 Å². The number of anilines is 1. The highest BCUT2D eigenvalue weighted by Crippen LogP contribution is 2.39. The molecule has 180 valence electrons. The van der Waals surface area contributed by atoms with Crippen molar-refractivity contribution < 1.29 is 14.3 Å². The van der Waals surface area contributed by atoms with Crippen LogP contribution in [0.4, 0.5) is 5.13 Å². The first-order valence-electron chi connectivity index (χ1n) is 10.7. The molecule has 3 aromatic rings. The molecule has 0 saturated carbocycles. The molecule has 0 spiro atoms. The molecule has 1 aliphatic rings. The normalized spacial score (nSPS) is 14.5. The molecule has 4 rings (SSSR count). The average molecular weight is 514 g/mol. The number of nitrogens with zero attached hydrogens (tertiary/aromatic N) is 5. The molecule has 0 atom stereocenters. The molecule has 1 amide bonds. The van der Waals surface area contributed by atoms with Gasteiger partial charge in [-0.05, 0) is 39.0 Å². The molecule has 0 unspecified atom stereocenters. The molecule has 1 fully saturated rings. The first-order valence-corrected chi connectivity index (χ1v) is 11.9. The Balaban J connectivity index is 0.00000306. The van der Waals surface area contributed by atoms with Crippen LogP contribution in [-0.2, 0) is 4.74 Å². The summed E-state index contributed by atoms with van der Waals surface area (Å²) in [5, 5.41) is 5.75. The Morgan fingerprint density at radius 2 is 2.06 bits per heavy atom. The van der Waals surface area contributed by atoms with Crippen LogP contribution in [0.5, 0.6) is 5.75 Å². The number of rotatable bonds is 7. The Kier molecular flexibility index (Phi) is 8.58. The van der Waals surface area contributed by atoms with E-state index < -0.39 is 0 Å². The van der Waals surface area contributed by atoms with Crippen molar-refractivity contribution in [2.24, 2.45) is 0 Å². The van der Waals surface area contributed by atoms with E-state index in [1.807, 2.05) is 31.5 Å². The van der Waals surface area contributed by atoms with Gasteiger partial charge in [0.25, 0.3) is 5.91 Å². The van der Waals surface area contributed by atoms with Crippen LogP contribution >= 0.6 is 35.3 Å². The Bertz CT molecular complexity index is 1110. The van der Waals surface area contributed by atoms with Gasteiger partial charge in [0.05, 0.1) is 30.0 Å². The van der Waals surface area contributed by atoms with Crippen molar-refractivity contribution in [1.82, 2.24) is 19.7 Å². The third-order valence-electron chi connectivity index (χ3n) is 5.52. The monoisotopic (exact) mass is 513 g/mol. The fourth-order valence-corrected chi connectivity index (χ4v) is 5.11. The highest BCUT2D eigenvalue weighted by molar-refractivity contribution is 7.23. The van der Waals surface area contributed by atoms with E-state index in [4.69, 9.17) is 26.1 Å². The smallest absolute Gasteiger partial charge is 0.280 e. The van der Waals surface area contributed by atoms with Gasteiger partial charge >= 0.3 is 0 Å². The van der Waals surface area contributed by atoms with E-state index in [0.29, 0.717) is 46.9 Å². The van der Waals surface area contributed by atoms with Crippen LogP contribution in [0.3, 0.4) is 0 Å². The van der Waals surface area contributed by atoms with Gasteiger partial charge in [0.1, 0.15) is 11.3 Å². The molecule has 1 aromatic carbocycles. The van der Waals surface area contributed by atoms with Crippen molar-refractivity contribution in [2.45, 2.75) is 26.8 Å². The van der Waals surface area contributed by atoms with E-state index in [0.717, 1.165) is 30.0 Å². The zero-order valence-electron chi connectivity index (χ0n) is 19.2. The molecule has 33 heavy (non-hydrogen) atoms. The van der Waals surface area contributed by atoms with Gasteiger partial charge in [-0.3, -0.25) is 19.3 Å². The number of carbonyl (C=O) groups is 1.